The second kappa shape index (κ2) is 10.4. The monoisotopic (exact) mass is 490 g/mol. The number of benzene rings is 3. The molecule has 4 aromatic rings. The maximum atomic E-state index is 12.5. The van der Waals surface area contributed by atoms with Crippen molar-refractivity contribution in [2.75, 3.05) is 0 Å². The zero-order valence-corrected chi connectivity index (χ0v) is 19.9. The first-order chi connectivity index (χ1) is 16.8. The molecule has 35 heavy (non-hydrogen) atoms. The van der Waals surface area contributed by atoms with Crippen molar-refractivity contribution in [1.82, 2.24) is 31.1 Å². The molecule has 0 aliphatic rings. The van der Waals surface area contributed by atoms with Gasteiger partial charge in [-0.05, 0) is 61.0 Å². The lowest BCUT2D eigenvalue weighted by Crippen LogP contribution is -2.53. The molecule has 0 atom stereocenters. The van der Waals surface area contributed by atoms with E-state index in [-0.39, 0.29) is 0 Å². The van der Waals surface area contributed by atoms with E-state index in [1.807, 2.05) is 30.3 Å². The fourth-order valence-electron chi connectivity index (χ4n) is 3.12. The van der Waals surface area contributed by atoms with Crippen molar-refractivity contribution in [3.63, 3.8) is 0 Å². The van der Waals surface area contributed by atoms with E-state index in [0.29, 0.717) is 28.7 Å². The molecule has 10 heteroatoms. The Hall–Kier alpha value is -4.24. The zero-order valence-electron chi connectivity index (χ0n) is 19.1. The van der Waals surface area contributed by atoms with E-state index in [9.17, 15) is 9.59 Å². The molecule has 178 valence electrons. The van der Waals surface area contributed by atoms with Crippen molar-refractivity contribution >= 4 is 23.4 Å². The van der Waals surface area contributed by atoms with Crippen LogP contribution < -0.4 is 15.6 Å². The summed E-state index contributed by atoms with van der Waals surface area (Å²) in [6.45, 7) is 3.59. The lowest BCUT2D eigenvalue weighted by Gasteiger charge is -2.25. The van der Waals surface area contributed by atoms with Crippen molar-refractivity contribution in [3.8, 4) is 17.1 Å². The van der Waals surface area contributed by atoms with Crippen molar-refractivity contribution in [3.05, 3.63) is 95.0 Å². The molecular formula is C25H23ClN6O3. The summed E-state index contributed by atoms with van der Waals surface area (Å²) in [6.07, 6.45) is 0. The van der Waals surface area contributed by atoms with Crippen LogP contribution in [-0.4, -0.2) is 37.6 Å². The quantitative estimate of drug-likeness (QED) is 0.382. The maximum absolute atomic E-state index is 12.5. The fourth-order valence-corrected chi connectivity index (χ4v) is 3.24. The molecule has 0 saturated heterocycles. The standard InChI is InChI=1S/C25H23ClN6O3/c1-25(2,35-21-14-12-20(26)13-15-21)24(34)29-28-23(33)19-10-8-17(9-11-19)16-32-30-22(27-31-32)18-6-4-3-5-7-18/h3-15H,16H2,1-2H3,(H,28,33)(H,29,34). The molecule has 0 bridgehead atoms. The summed E-state index contributed by atoms with van der Waals surface area (Å²) in [5.41, 5.74) is 5.74. The van der Waals surface area contributed by atoms with Gasteiger partial charge >= 0.3 is 0 Å². The summed E-state index contributed by atoms with van der Waals surface area (Å²) < 4.78 is 5.72. The van der Waals surface area contributed by atoms with Crippen molar-refractivity contribution in [2.24, 2.45) is 0 Å². The summed E-state index contributed by atoms with van der Waals surface area (Å²) in [7, 11) is 0. The van der Waals surface area contributed by atoms with E-state index in [4.69, 9.17) is 16.3 Å². The average Bonchev–Trinajstić information content (AvgIpc) is 3.33. The smallest absolute Gasteiger partial charge is 0.281 e. The molecule has 0 fully saturated rings. The molecule has 1 aromatic heterocycles. The number of halogens is 1. The van der Waals surface area contributed by atoms with Gasteiger partial charge in [-0.2, -0.15) is 4.80 Å². The minimum atomic E-state index is -1.23. The molecule has 4 rings (SSSR count). The minimum absolute atomic E-state index is 0.377. The van der Waals surface area contributed by atoms with E-state index in [0.717, 1.165) is 11.1 Å². The molecule has 0 radical (unpaired) electrons. The Morgan fingerprint density at radius 2 is 1.63 bits per heavy atom. The Labute approximate surface area is 207 Å². The van der Waals surface area contributed by atoms with E-state index < -0.39 is 17.4 Å². The van der Waals surface area contributed by atoms with E-state index in [2.05, 4.69) is 26.3 Å². The molecule has 0 saturated carbocycles. The first-order valence-electron chi connectivity index (χ1n) is 10.8. The third kappa shape index (κ3) is 6.21. The molecule has 2 N–H and O–H groups in total. The third-order valence-corrected chi connectivity index (χ3v) is 5.30. The number of aromatic nitrogens is 4. The Morgan fingerprint density at radius 3 is 2.31 bits per heavy atom. The highest BCUT2D eigenvalue weighted by atomic mass is 35.5. The number of hydrazine groups is 1. The van der Waals surface area contributed by atoms with Crippen LogP contribution in [0.4, 0.5) is 0 Å². The normalized spacial score (nSPS) is 11.1. The number of carbonyl (C=O) groups excluding carboxylic acids is 2. The lowest BCUT2D eigenvalue weighted by molar-refractivity contribution is -0.135. The van der Waals surface area contributed by atoms with Crippen LogP contribution in [0.1, 0.15) is 29.8 Å². The molecule has 0 unspecified atom stereocenters. The average molecular weight is 491 g/mol. The highest BCUT2D eigenvalue weighted by Gasteiger charge is 2.30. The summed E-state index contributed by atoms with van der Waals surface area (Å²) in [5.74, 6) is 0.0517. The van der Waals surface area contributed by atoms with Gasteiger partial charge in [0.25, 0.3) is 11.8 Å². The Bertz CT molecular complexity index is 1310. The van der Waals surface area contributed by atoms with Crippen LogP contribution in [0, 0.1) is 0 Å². The molecule has 1 heterocycles. The number of nitrogens with one attached hydrogen (secondary N) is 2. The second-order valence-corrected chi connectivity index (χ2v) is 8.62. The minimum Gasteiger partial charge on any atom is -0.478 e. The van der Waals surface area contributed by atoms with Gasteiger partial charge in [-0.1, -0.05) is 54.1 Å². The SMILES string of the molecule is CC(C)(Oc1ccc(Cl)cc1)C(=O)NNC(=O)c1ccc(Cn2nnc(-c3ccccc3)n2)cc1. The van der Waals surface area contributed by atoms with Crippen LogP contribution in [0.5, 0.6) is 5.75 Å². The Morgan fingerprint density at radius 1 is 0.943 bits per heavy atom. The van der Waals surface area contributed by atoms with E-state index in [1.54, 1.807) is 62.4 Å². The summed E-state index contributed by atoms with van der Waals surface area (Å²) in [6, 6.07) is 23.1. The predicted molar refractivity (Wildman–Crippen MR) is 131 cm³/mol. The van der Waals surface area contributed by atoms with Crippen LogP contribution in [0.2, 0.25) is 5.02 Å². The van der Waals surface area contributed by atoms with Gasteiger partial charge in [0.15, 0.2) is 5.60 Å². The van der Waals surface area contributed by atoms with Crippen LogP contribution in [0.25, 0.3) is 11.4 Å². The number of rotatable bonds is 7. The summed E-state index contributed by atoms with van der Waals surface area (Å²) in [4.78, 5) is 26.5. The van der Waals surface area contributed by atoms with Gasteiger partial charge in [-0.15, -0.1) is 10.2 Å². The third-order valence-electron chi connectivity index (χ3n) is 5.05. The van der Waals surface area contributed by atoms with Crippen molar-refractivity contribution < 1.29 is 14.3 Å². The van der Waals surface area contributed by atoms with Gasteiger partial charge in [-0.3, -0.25) is 20.4 Å². The van der Waals surface area contributed by atoms with Crippen molar-refractivity contribution in [2.45, 2.75) is 26.0 Å². The maximum Gasteiger partial charge on any atom is 0.281 e. The fraction of sp³-hybridized carbons (Fsp3) is 0.160. The van der Waals surface area contributed by atoms with Crippen LogP contribution in [0.15, 0.2) is 78.9 Å². The first kappa shape index (κ1) is 23.9. The molecule has 0 spiro atoms. The van der Waals surface area contributed by atoms with Crippen LogP contribution in [0.3, 0.4) is 0 Å². The van der Waals surface area contributed by atoms with Gasteiger partial charge in [0.05, 0.1) is 6.54 Å². The molecule has 9 nitrogen and oxygen atoms in total. The second-order valence-electron chi connectivity index (χ2n) is 8.18. The predicted octanol–water partition coefficient (Wildman–Crippen LogP) is 3.66. The first-order valence-corrected chi connectivity index (χ1v) is 11.2. The summed E-state index contributed by atoms with van der Waals surface area (Å²) in [5, 5.41) is 13.1. The molecule has 3 aromatic carbocycles. The number of amides is 2. The Kier molecular flexibility index (Phi) is 7.07. The molecule has 0 aliphatic heterocycles. The number of ether oxygens (including phenoxy) is 1. The lowest BCUT2D eigenvalue weighted by atomic mass is 10.1. The van der Waals surface area contributed by atoms with Crippen LogP contribution >= 0.6 is 11.6 Å². The number of hydrogen-bond acceptors (Lipinski definition) is 6. The number of tetrazole rings is 1. The van der Waals surface area contributed by atoms with E-state index in [1.165, 1.54) is 4.80 Å². The van der Waals surface area contributed by atoms with Crippen LogP contribution in [-0.2, 0) is 11.3 Å². The van der Waals surface area contributed by atoms with Gasteiger partial charge in [0.2, 0.25) is 5.82 Å². The van der Waals surface area contributed by atoms with Gasteiger partial charge in [0.1, 0.15) is 5.75 Å². The Balaban J connectivity index is 1.30. The molecule has 0 aliphatic carbocycles. The zero-order chi connectivity index (χ0) is 24.8. The molecular weight excluding hydrogens is 468 g/mol. The number of carbonyl (C=O) groups is 2. The highest BCUT2D eigenvalue weighted by molar-refractivity contribution is 6.30. The highest BCUT2D eigenvalue weighted by Crippen LogP contribution is 2.21. The van der Waals surface area contributed by atoms with E-state index >= 15 is 0 Å². The van der Waals surface area contributed by atoms with Gasteiger partial charge < -0.3 is 4.74 Å². The molecule has 2 amide bonds. The largest absolute Gasteiger partial charge is 0.478 e. The number of hydrogen-bond donors (Lipinski definition) is 2. The summed E-state index contributed by atoms with van der Waals surface area (Å²) >= 11 is 5.87. The van der Waals surface area contributed by atoms with Gasteiger partial charge in [0, 0.05) is 16.1 Å². The topological polar surface area (TPSA) is 111 Å². The number of nitrogens with zero attached hydrogens (tertiary/aromatic N) is 4. The van der Waals surface area contributed by atoms with Gasteiger partial charge in [-0.25, -0.2) is 0 Å². The van der Waals surface area contributed by atoms with Crippen molar-refractivity contribution in [1.29, 1.82) is 0 Å².